The van der Waals surface area contributed by atoms with Crippen LogP contribution in [0.25, 0.3) is 0 Å². The summed E-state index contributed by atoms with van der Waals surface area (Å²) in [6.07, 6.45) is -3.14. The number of esters is 5. The van der Waals surface area contributed by atoms with E-state index < -0.39 is 117 Å². The molecule has 49 heavy (non-hydrogen) atoms. The molecule has 5 fully saturated rings. The number of methoxy groups -OCH3 is 1. The molecular weight excluding hydrogens is 644 g/mol. The molecule has 270 valence electrons. The largest absolute Gasteiger partial charge is 0.472 e. The number of carbonyl (C=O) groups excluding carboxylic acids is 5. The third-order valence-electron chi connectivity index (χ3n) is 13.3. The summed E-state index contributed by atoms with van der Waals surface area (Å²) in [5.74, 6) is -7.28. The molecule has 4 saturated carbocycles. The number of carbonyl (C=O) groups is 5. The third kappa shape index (κ3) is 4.02. The summed E-state index contributed by atoms with van der Waals surface area (Å²) >= 11 is 0. The van der Waals surface area contributed by atoms with Crippen molar-refractivity contribution in [2.24, 2.45) is 34.0 Å². The summed E-state index contributed by atoms with van der Waals surface area (Å²) < 4.78 is 34.6. The van der Waals surface area contributed by atoms with Crippen LogP contribution in [0.15, 0.2) is 23.0 Å². The van der Waals surface area contributed by atoms with E-state index in [9.17, 15) is 39.3 Å². The van der Waals surface area contributed by atoms with Crippen LogP contribution in [0.3, 0.4) is 0 Å². The molecule has 2 bridgehead atoms. The summed E-state index contributed by atoms with van der Waals surface area (Å²) in [6.45, 7) is 10.2. The van der Waals surface area contributed by atoms with E-state index in [-0.39, 0.29) is 19.3 Å². The van der Waals surface area contributed by atoms with E-state index in [1.807, 2.05) is 0 Å². The van der Waals surface area contributed by atoms with Gasteiger partial charge in [0.25, 0.3) is 0 Å². The van der Waals surface area contributed by atoms with Gasteiger partial charge in [0.1, 0.15) is 22.9 Å². The first-order chi connectivity index (χ1) is 22.7. The average molecular weight is 691 g/mol. The number of hydrogen-bond acceptors (Lipinski definition) is 14. The molecule has 1 aliphatic heterocycles. The Labute approximate surface area is 283 Å². The van der Waals surface area contributed by atoms with Gasteiger partial charge >= 0.3 is 29.8 Å². The normalized spacial score (nSPS) is 46.3. The first kappa shape index (κ1) is 35.3. The summed E-state index contributed by atoms with van der Waals surface area (Å²) in [7, 11) is 1.19. The highest BCUT2D eigenvalue weighted by Crippen LogP contribution is 2.84. The maximum Gasteiger partial charge on any atom is 0.308 e. The SMILES string of the molecule is COC(=O)C[C@H]1[C@]2(C)C[C@]3(O)[C@](OC(C)=O)([C@H]2OC(C)=O)[C@@H](OC(=O)C(C)C)[C@]2(O)[C@H]4CC(=O)O[C@@H](c5ccoc5)[C@]4(C)CC[C@]2(O)[C@]13C. The van der Waals surface area contributed by atoms with Crippen molar-refractivity contribution in [3.05, 3.63) is 24.2 Å². The molecule has 14 heteroatoms. The van der Waals surface area contributed by atoms with Gasteiger partial charge in [-0.05, 0) is 31.2 Å². The molecule has 0 unspecified atom stereocenters. The van der Waals surface area contributed by atoms with E-state index >= 15 is 0 Å². The van der Waals surface area contributed by atoms with Crippen LogP contribution >= 0.6 is 0 Å². The minimum absolute atomic E-state index is 0.131. The molecule has 2 heterocycles. The van der Waals surface area contributed by atoms with Crippen molar-refractivity contribution in [3.63, 3.8) is 0 Å². The van der Waals surface area contributed by atoms with Crippen molar-refractivity contribution < 1.29 is 67.4 Å². The van der Waals surface area contributed by atoms with Gasteiger partial charge in [0.05, 0.1) is 32.0 Å². The van der Waals surface area contributed by atoms with E-state index in [4.69, 9.17) is 28.1 Å². The molecule has 1 aromatic rings. The summed E-state index contributed by atoms with van der Waals surface area (Å²) in [5, 5.41) is 40.6. The van der Waals surface area contributed by atoms with Crippen molar-refractivity contribution in [2.45, 2.75) is 121 Å². The molecule has 4 aliphatic carbocycles. The predicted molar refractivity (Wildman–Crippen MR) is 164 cm³/mol. The minimum atomic E-state index is -2.69. The summed E-state index contributed by atoms with van der Waals surface area (Å²) in [4.78, 5) is 66.6. The smallest absolute Gasteiger partial charge is 0.308 e. The third-order valence-corrected chi connectivity index (χ3v) is 13.3. The van der Waals surface area contributed by atoms with E-state index in [1.165, 1.54) is 40.4 Å². The van der Waals surface area contributed by atoms with E-state index in [0.29, 0.717) is 5.56 Å². The van der Waals surface area contributed by atoms with Crippen molar-refractivity contribution in [3.8, 4) is 0 Å². The fourth-order valence-corrected chi connectivity index (χ4v) is 11.3. The van der Waals surface area contributed by atoms with Crippen LogP contribution in [0.1, 0.15) is 92.2 Å². The molecule has 0 aromatic carbocycles. The van der Waals surface area contributed by atoms with Crippen molar-refractivity contribution >= 4 is 29.8 Å². The van der Waals surface area contributed by atoms with Gasteiger partial charge in [-0.25, -0.2) is 0 Å². The molecule has 5 aliphatic rings. The lowest BCUT2D eigenvalue weighted by atomic mass is 9.33. The van der Waals surface area contributed by atoms with E-state index in [1.54, 1.807) is 19.9 Å². The molecule has 1 saturated heterocycles. The van der Waals surface area contributed by atoms with Crippen LogP contribution in [-0.4, -0.2) is 86.9 Å². The number of cyclic esters (lactones) is 1. The molecule has 0 amide bonds. The van der Waals surface area contributed by atoms with Crippen LogP contribution in [0.5, 0.6) is 0 Å². The zero-order valence-electron chi connectivity index (χ0n) is 29.1. The van der Waals surface area contributed by atoms with Crippen LogP contribution in [0.4, 0.5) is 0 Å². The first-order valence-corrected chi connectivity index (χ1v) is 16.7. The molecule has 0 radical (unpaired) electrons. The Hall–Kier alpha value is -3.49. The second kappa shape index (κ2) is 10.8. The number of rotatable bonds is 7. The van der Waals surface area contributed by atoms with Gasteiger partial charge in [0.2, 0.25) is 5.60 Å². The Morgan fingerprint density at radius 2 is 1.63 bits per heavy atom. The van der Waals surface area contributed by atoms with Crippen molar-refractivity contribution in [1.82, 2.24) is 0 Å². The molecule has 3 N–H and O–H groups in total. The van der Waals surface area contributed by atoms with Gasteiger partial charge < -0.3 is 43.4 Å². The van der Waals surface area contributed by atoms with Crippen LogP contribution < -0.4 is 0 Å². The molecule has 14 nitrogen and oxygen atoms in total. The quantitative estimate of drug-likeness (QED) is 0.278. The Bertz CT molecular complexity index is 1590. The second-order valence-electron chi connectivity index (χ2n) is 15.8. The Kier molecular flexibility index (Phi) is 7.76. The number of fused-ring (bicyclic) bond motifs is 5. The maximum atomic E-state index is 13.8. The Morgan fingerprint density at radius 1 is 0.959 bits per heavy atom. The number of ether oxygens (including phenoxy) is 5. The molecular formula is C35H46O14. The number of furan rings is 1. The predicted octanol–water partition coefficient (Wildman–Crippen LogP) is 2.30. The topological polar surface area (TPSA) is 205 Å². The van der Waals surface area contributed by atoms with Gasteiger partial charge in [-0.15, -0.1) is 0 Å². The minimum Gasteiger partial charge on any atom is -0.472 e. The van der Waals surface area contributed by atoms with Crippen molar-refractivity contribution in [2.75, 3.05) is 7.11 Å². The van der Waals surface area contributed by atoms with E-state index in [0.717, 1.165) is 13.8 Å². The van der Waals surface area contributed by atoms with Gasteiger partial charge in [-0.3, -0.25) is 24.0 Å². The summed E-state index contributed by atoms with van der Waals surface area (Å²) in [5.41, 5.74) is -14.0. The summed E-state index contributed by atoms with van der Waals surface area (Å²) in [6, 6.07) is 1.62. The van der Waals surface area contributed by atoms with Crippen molar-refractivity contribution in [1.29, 1.82) is 0 Å². The van der Waals surface area contributed by atoms with Crippen LogP contribution in [0, 0.1) is 34.0 Å². The van der Waals surface area contributed by atoms with Gasteiger partial charge in [-0.1, -0.05) is 34.6 Å². The number of hydrogen-bond donors (Lipinski definition) is 3. The molecule has 12 atom stereocenters. The van der Waals surface area contributed by atoms with Crippen LogP contribution in [0.2, 0.25) is 0 Å². The van der Waals surface area contributed by atoms with Gasteiger partial charge in [-0.2, -0.15) is 0 Å². The average Bonchev–Trinajstić information content (AvgIpc) is 3.66. The lowest BCUT2D eigenvalue weighted by molar-refractivity contribution is -0.439. The van der Waals surface area contributed by atoms with Crippen LogP contribution in [-0.2, 0) is 47.7 Å². The number of aliphatic hydroxyl groups is 3. The highest BCUT2D eigenvalue weighted by Gasteiger charge is 2.99. The van der Waals surface area contributed by atoms with E-state index in [2.05, 4.69) is 0 Å². The Morgan fingerprint density at radius 3 is 2.18 bits per heavy atom. The molecule has 0 spiro atoms. The van der Waals surface area contributed by atoms with Gasteiger partial charge in [0.15, 0.2) is 12.2 Å². The second-order valence-corrected chi connectivity index (χ2v) is 15.8. The maximum absolute atomic E-state index is 13.8. The highest BCUT2D eigenvalue weighted by atomic mass is 16.6. The first-order valence-electron chi connectivity index (χ1n) is 16.7. The Balaban J connectivity index is 1.73. The fourth-order valence-electron chi connectivity index (χ4n) is 11.3. The van der Waals surface area contributed by atoms with Gasteiger partial charge in [0, 0.05) is 48.0 Å². The zero-order chi connectivity index (χ0) is 36.3. The highest BCUT2D eigenvalue weighted by molar-refractivity contribution is 5.75. The standard InChI is InChI=1S/C35H46O14/c1-17(2)26(40)48-28-34(43)22-14-24(39)47-25(20-9-12-45-15-20)29(22,5)10-11-32(34,41)31(7)21(13-23(38)44-8)30(6)16-33(31,42)35(28,49-19(4)37)27(30)46-18(3)36/h9,12,15,17,21-22,25,27-28,41-43H,10-11,13-14,16H2,1-8H3/t21-,22-,25-,27-,28-,29+,30-,31-,32-,33+,34+,35-/m0/s1. The fraction of sp³-hybridized carbons (Fsp3) is 0.743. The lowest BCUT2D eigenvalue weighted by Gasteiger charge is -2.76. The molecule has 6 rings (SSSR count). The molecule has 1 aromatic heterocycles. The lowest BCUT2D eigenvalue weighted by Crippen LogP contribution is -2.94. The monoisotopic (exact) mass is 690 g/mol. The zero-order valence-corrected chi connectivity index (χ0v) is 29.1.